The molecule has 3 N–H and O–H groups in total. The lowest BCUT2D eigenvalue weighted by atomic mass is 10.1. The van der Waals surface area contributed by atoms with Gasteiger partial charge in [-0.05, 0) is 79.1 Å². The monoisotopic (exact) mass is 550 g/mol. The second-order valence-corrected chi connectivity index (χ2v) is 9.37. The first kappa shape index (κ1) is 29.0. The van der Waals surface area contributed by atoms with Gasteiger partial charge in [-0.3, -0.25) is 14.8 Å². The predicted octanol–water partition coefficient (Wildman–Crippen LogP) is 6.76. The summed E-state index contributed by atoms with van der Waals surface area (Å²) in [4.78, 5) is 25.7. The number of para-hydroxylation sites is 2. The van der Waals surface area contributed by atoms with Crippen LogP contribution in [0.5, 0.6) is 5.75 Å². The highest BCUT2D eigenvalue weighted by Crippen LogP contribution is 2.33. The van der Waals surface area contributed by atoms with Gasteiger partial charge in [0, 0.05) is 29.0 Å². The van der Waals surface area contributed by atoms with Crippen LogP contribution in [0.3, 0.4) is 0 Å². The first-order valence-corrected chi connectivity index (χ1v) is 13.6. The smallest absolute Gasteiger partial charge is 0.271 e. The van der Waals surface area contributed by atoms with Gasteiger partial charge in [0.25, 0.3) is 5.91 Å². The second kappa shape index (κ2) is 15.6. The minimum Gasteiger partial charge on any atom is -0.494 e. The molecular formula is C33H34N4O4. The molecule has 0 aliphatic carbocycles. The Balaban J connectivity index is 1.25. The molecule has 210 valence electrons. The molecule has 0 aromatic heterocycles. The molecular weight excluding hydrogens is 516 g/mol. The first-order valence-electron chi connectivity index (χ1n) is 13.6. The number of ether oxygens (including phenoxy) is 1. The van der Waals surface area contributed by atoms with E-state index in [1.165, 1.54) is 0 Å². The van der Waals surface area contributed by atoms with Crippen LogP contribution in [0.4, 0.5) is 17.1 Å². The number of hydrazone groups is 1. The number of nitrogens with one attached hydrogen (secondary N) is 2. The molecule has 0 aliphatic heterocycles. The van der Waals surface area contributed by atoms with Crippen LogP contribution in [0, 0.1) is 0 Å². The topological polar surface area (TPSA) is 103 Å². The molecule has 2 amide bonds. The Morgan fingerprint density at radius 3 is 1.93 bits per heavy atom. The molecule has 41 heavy (non-hydrogen) atoms. The van der Waals surface area contributed by atoms with Crippen molar-refractivity contribution in [2.24, 2.45) is 5.10 Å². The molecule has 8 heteroatoms. The second-order valence-electron chi connectivity index (χ2n) is 9.37. The maximum Gasteiger partial charge on any atom is 0.271 e. The van der Waals surface area contributed by atoms with Crippen molar-refractivity contribution in [3.63, 3.8) is 0 Å². The van der Waals surface area contributed by atoms with E-state index in [4.69, 9.17) is 9.94 Å². The molecule has 0 aliphatic rings. The average Bonchev–Trinajstić information content (AvgIpc) is 3.02. The normalized spacial score (nSPS) is 10.8. The maximum absolute atomic E-state index is 12.5. The van der Waals surface area contributed by atoms with Crippen molar-refractivity contribution >= 4 is 35.1 Å². The van der Waals surface area contributed by atoms with Crippen LogP contribution < -0.4 is 20.5 Å². The zero-order valence-electron chi connectivity index (χ0n) is 22.8. The Bertz CT molecular complexity index is 1350. The number of benzene rings is 4. The van der Waals surface area contributed by atoms with E-state index in [0.717, 1.165) is 48.3 Å². The zero-order valence-corrected chi connectivity index (χ0v) is 22.8. The summed E-state index contributed by atoms with van der Waals surface area (Å²) in [7, 11) is 0. The summed E-state index contributed by atoms with van der Waals surface area (Å²) in [5, 5.41) is 12.6. The summed E-state index contributed by atoms with van der Waals surface area (Å²) >= 11 is 0. The molecule has 0 radical (unpaired) electrons. The third-order valence-electron chi connectivity index (χ3n) is 6.37. The summed E-state index contributed by atoms with van der Waals surface area (Å²) < 4.78 is 5.73. The Morgan fingerprint density at radius 1 is 0.732 bits per heavy atom. The van der Waals surface area contributed by atoms with Gasteiger partial charge in [0.1, 0.15) is 5.75 Å². The fourth-order valence-electron chi connectivity index (χ4n) is 4.23. The van der Waals surface area contributed by atoms with Crippen LogP contribution in [0.15, 0.2) is 114 Å². The minimum absolute atomic E-state index is 0.310. The molecule has 4 rings (SSSR count). The van der Waals surface area contributed by atoms with E-state index in [0.29, 0.717) is 24.3 Å². The number of carbonyl (C=O) groups is 2. The largest absolute Gasteiger partial charge is 0.494 e. The Kier molecular flexibility index (Phi) is 11.0. The molecule has 0 saturated carbocycles. The number of unbranched alkanes of at least 4 members (excludes halogenated alkanes) is 3. The predicted molar refractivity (Wildman–Crippen MR) is 161 cm³/mol. The average molecular weight is 551 g/mol. The molecule has 0 saturated heterocycles. The van der Waals surface area contributed by atoms with Crippen LogP contribution in [0.1, 0.15) is 48.0 Å². The molecule has 0 spiro atoms. The van der Waals surface area contributed by atoms with E-state index in [1.54, 1.807) is 36.0 Å². The van der Waals surface area contributed by atoms with Gasteiger partial charge in [0.15, 0.2) is 0 Å². The summed E-state index contributed by atoms with van der Waals surface area (Å²) in [6, 6.07) is 35.3. The van der Waals surface area contributed by atoms with Gasteiger partial charge >= 0.3 is 0 Å². The Hall–Kier alpha value is -4.95. The van der Waals surface area contributed by atoms with Gasteiger partial charge in [-0.25, -0.2) is 10.9 Å². The molecule has 0 unspecified atom stereocenters. The highest BCUT2D eigenvalue weighted by atomic mass is 16.5. The summed E-state index contributed by atoms with van der Waals surface area (Å²) in [5.74, 6) is 0.0142. The lowest BCUT2D eigenvalue weighted by Crippen LogP contribution is -2.17. The number of hydrogen-bond acceptors (Lipinski definition) is 6. The van der Waals surface area contributed by atoms with Crippen molar-refractivity contribution in [3.05, 3.63) is 120 Å². The summed E-state index contributed by atoms with van der Waals surface area (Å²) in [6.45, 7) is 0.551. The highest BCUT2D eigenvalue weighted by Gasteiger charge is 2.11. The lowest BCUT2D eigenvalue weighted by Gasteiger charge is -2.25. The molecule has 0 heterocycles. The van der Waals surface area contributed by atoms with E-state index >= 15 is 0 Å². The number of hydrogen-bond donors (Lipinski definition) is 3. The standard InChI is InChI=1S/C33H34N4O4/c38-32(36-40)15-9-1-2-10-24-41-31-22-18-27(19-23-31)33(39)35-34-25-26-16-20-30(21-17-26)37(28-11-5-3-6-12-28)29-13-7-4-8-14-29/h3-8,11-14,16-23,25,40H,1-2,9-10,15,24H2,(H,35,39)(H,36,38)/b34-25+. The van der Waals surface area contributed by atoms with Crippen molar-refractivity contribution in [2.75, 3.05) is 11.5 Å². The van der Waals surface area contributed by atoms with E-state index in [-0.39, 0.29) is 11.8 Å². The quantitative estimate of drug-likeness (QED) is 0.0697. The van der Waals surface area contributed by atoms with Crippen molar-refractivity contribution in [2.45, 2.75) is 32.1 Å². The fraction of sp³-hybridized carbons (Fsp3) is 0.182. The zero-order chi connectivity index (χ0) is 28.7. The van der Waals surface area contributed by atoms with Crippen molar-refractivity contribution in [3.8, 4) is 5.75 Å². The number of carbonyl (C=O) groups excluding carboxylic acids is 2. The van der Waals surface area contributed by atoms with Crippen molar-refractivity contribution < 1.29 is 19.5 Å². The summed E-state index contributed by atoms with van der Waals surface area (Å²) in [5.41, 5.74) is 8.68. The van der Waals surface area contributed by atoms with E-state index in [2.05, 4.69) is 39.7 Å². The maximum atomic E-state index is 12.5. The Morgan fingerprint density at radius 2 is 1.32 bits per heavy atom. The minimum atomic E-state index is -0.361. The van der Waals surface area contributed by atoms with Gasteiger partial charge in [-0.15, -0.1) is 0 Å². The van der Waals surface area contributed by atoms with Crippen LogP contribution in [0.25, 0.3) is 0 Å². The molecule has 0 atom stereocenters. The van der Waals surface area contributed by atoms with E-state index in [1.807, 2.05) is 60.7 Å². The first-order chi connectivity index (χ1) is 20.1. The van der Waals surface area contributed by atoms with Crippen LogP contribution in [0.2, 0.25) is 0 Å². The van der Waals surface area contributed by atoms with Gasteiger partial charge in [0.2, 0.25) is 5.91 Å². The number of amides is 2. The third-order valence-corrected chi connectivity index (χ3v) is 6.37. The van der Waals surface area contributed by atoms with Crippen LogP contribution >= 0.6 is 0 Å². The van der Waals surface area contributed by atoms with E-state index < -0.39 is 0 Å². The highest BCUT2D eigenvalue weighted by molar-refractivity contribution is 5.95. The fourth-order valence-corrected chi connectivity index (χ4v) is 4.23. The Labute approximate surface area is 240 Å². The molecule has 4 aromatic rings. The molecule has 4 aromatic carbocycles. The lowest BCUT2D eigenvalue weighted by molar-refractivity contribution is -0.129. The third kappa shape index (κ3) is 9.05. The van der Waals surface area contributed by atoms with E-state index in [9.17, 15) is 9.59 Å². The SMILES string of the molecule is O=C(CCCCCCOc1ccc(C(=O)N/N=C/c2ccc(N(c3ccccc3)c3ccccc3)cc2)cc1)NO. The van der Waals surface area contributed by atoms with Gasteiger partial charge in [0.05, 0.1) is 12.8 Å². The van der Waals surface area contributed by atoms with Crippen LogP contribution in [-0.4, -0.2) is 29.8 Å². The van der Waals surface area contributed by atoms with Gasteiger partial charge in [-0.1, -0.05) is 61.4 Å². The van der Waals surface area contributed by atoms with Gasteiger partial charge < -0.3 is 9.64 Å². The number of anilines is 3. The molecule has 8 nitrogen and oxygen atoms in total. The number of nitrogens with zero attached hydrogens (tertiary/aromatic N) is 2. The number of hydroxylamine groups is 1. The number of rotatable bonds is 14. The van der Waals surface area contributed by atoms with Crippen molar-refractivity contribution in [1.82, 2.24) is 10.9 Å². The summed E-state index contributed by atoms with van der Waals surface area (Å²) in [6.07, 6.45) is 5.34. The van der Waals surface area contributed by atoms with Crippen molar-refractivity contribution in [1.29, 1.82) is 0 Å². The molecule has 0 fully saturated rings. The van der Waals surface area contributed by atoms with Gasteiger partial charge in [-0.2, -0.15) is 5.10 Å². The van der Waals surface area contributed by atoms with Crippen LogP contribution in [-0.2, 0) is 4.79 Å². The molecule has 0 bridgehead atoms.